The van der Waals surface area contributed by atoms with Gasteiger partial charge in [-0.05, 0) is 32.1 Å². The summed E-state index contributed by atoms with van der Waals surface area (Å²) in [6.45, 7) is 3.68. The first kappa shape index (κ1) is 70.9. The molecule has 80 heavy (non-hydrogen) atoms. The van der Waals surface area contributed by atoms with Crippen LogP contribution < -0.4 is 26.6 Å². The molecule has 14 N–H and O–H groups in total. The molecular weight excluding hydrogens is 1070 g/mol. The predicted octanol–water partition coefficient (Wildman–Crippen LogP) is -4.86. The molecule has 3 fully saturated rings. The highest BCUT2D eigenvalue weighted by molar-refractivity contribution is 5.79. The van der Waals surface area contributed by atoms with Crippen molar-refractivity contribution in [2.75, 3.05) is 113 Å². The van der Waals surface area contributed by atoms with Crippen molar-refractivity contribution < 1.29 is 117 Å². The number of rotatable bonds is 41. The quantitative estimate of drug-likeness (QED) is 0.0202. The number of hydrogen-bond acceptors (Lipinski definition) is 24. The van der Waals surface area contributed by atoms with Gasteiger partial charge in [0, 0.05) is 83.3 Å². The van der Waals surface area contributed by atoms with E-state index in [1.165, 1.54) is 0 Å². The molecule has 0 saturated carbocycles. The smallest absolute Gasteiger partial charge is 0.222 e. The fourth-order valence-corrected chi connectivity index (χ4v) is 8.63. The van der Waals surface area contributed by atoms with Crippen molar-refractivity contribution in [3.63, 3.8) is 0 Å². The van der Waals surface area contributed by atoms with Gasteiger partial charge in [0.1, 0.15) is 36.6 Å². The number of aliphatic hydroxyl groups is 9. The van der Waals surface area contributed by atoms with E-state index in [-0.39, 0.29) is 104 Å². The summed E-state index contributed by atoms with van der Waals surface area (Å²) in [6, 6.07) is 0. The molecule has 3 aliphatic heterocycles. The van der Waals surface area contributed by atoms with Gasteiger partial charge in [-0.3, -0.25) is 24.0 Å². The molecule has 15 atom stereocenters. The molecule has 0 aromatic rings. The highest BCUT2D eigenvalue weighted by atomic mass is 16.7. The van der Waals surface area contributed by atoms with E-state index in [4.69, 9.17) is 47.4 Å². The number of methoxy groups -OCH3 is 1. The summed E-state index contributed by atoms with van der Waals surface area (Å²) in [5.74, 6) is -3.82. The van der Waals surface area contributed by atoms with Gasteiger partial charge in [0.25, 0.3) is 0 Å². The van der Waals surface area contributed by atoms with E-state index in [0.717, 1.165) is 0 Å². The first-order valence-electron chi connectivity index (χ1n) is 27.7. The second-order valence-corrected chi connectivity index (χ2v) is 20.2. The molecule has 0 bridgehead atoms. The number of ether oxygens (including phenoxy) is 10. The average molecular weight is 1160 g/mol. The van der Waals surface area contributed by atoms with Gasteiger partial charge in [-0.2, -0.15) is 0 Å². The summed E-state index contributed by atoms with van der Waals surface area (Å²) >= 11 is 0. The fourth-order valence-electron chi connectivity index (χ4n) is 8.63. The Balaban J connectivity index is 1.60. The number of nitrogens with one attached hydrogen (secondary N) is 5. The zero-order valence-electron chi connectivity index (χ0n) is 46.7. The molecule has 29 heteroatoms. The molecule has 0 radical (unpaired) electrons. The minimum Gasteiger partial charge on any atom is -0.394 e. The van der Waals surface area contributed by atoms with Crippen LogP contribution in [0.15, 0.2) is 0 Å². The van der Waals surface area contributed by atoms with Gasteiger partial charge in [0.15, 0.2) is 24.6 Å². The molecule has 0 spiro atoms. The average Bonchev–Trinajstić information content (AvgIpc) is 3.44. The lowest BCUT2D eigenvalue weighted by Crippen LogP contribution is -2.58. The van der Waals surface area contributed by atoms with Crippen molar-refractivity contribution in [3.8, 4) is 0 Å². The first-order valence-corrected chi connectivity index (χ1v) is 27.7. The summed E-state index contributed by atoms with van der Waals surface area (Å²) in [7, 11) is 1.55. The van der Waals surface area contributed by atoms with Crippen molar-refractivity contribution in [1.82, 2.24) is 26.6 Å². The van der Waals surface area contributed by atoms with Crippen molar-refractivity contribution in [3.05, 3.63) is 0 Å². The van der Waals surface area contributed by atoms with Crippen LogP contribution in [0.1, 0.15) is 85.0 Å². The molecule has 466 valence electrons. The Bertz CT molecular complexity index is 1690. The minimum atomic E-state index is -1.79. The van der Waals surface area contributed by atoms with Crippen LogP contribution in [-0.4, -0.2) is 268 Å². The fraction of sp³-hybridized carbons (Fsp3) is 0.902. The van der Waals surface area contributed by atoms with Crippen LogP contribution in [0.2, 0.25) is 0 Å². The third-order valence-electron chi connectivity index (χ3n) is 13.7. The van der Waals surface area contributed by atoms with Crippen molar-refractivity contribution in [1.29, 1.82) is 0 Å². The predicted molar refractivity (Wildman–Crippen MR) is 277 cm³/mol. The van der Waals surface area contributed by atoms with Gasteiger partial charge in [0.2, 0.25) is 29.5 Å². The minimum absolute atomic E-state index is 0.0335. The monoisotopic (exact) mass is 1160 g/mol. The van der Waals surface area contributed by atoms with E-state index >= 15 is 0 Å². The summed E-state index contributed by atoms with van der Waals surface area (Å²) < 4.78 is 57.0. The van der Waals surface area contributed by atoms with Gasteiger partial charge >= 0.3 is 0 Å². The molecule has 3 rings (SSSR count). The number of hydrogen-bond donors (Lipinski definition) is 14. The molecule has 3 saturated heterocycles. The Morgan fingerprint density at radius 2 is 0.750 bits per heavy atom. The molecule has 0 aromatic heterocycles. The maximum Gasteiger partial charge on any atom is 0.222 e. The lowest BCUT2D eigenvalue weighted by atomic mass is 9.92. The first-order chi connectivity index (χ1) is 38.3. The molecule has 0 aliphatic carbocycles. The third-order valence-corrected chi connectivity index (χ3v) is 13.7. The van der Waals surface area contributed by atoms with Crippen LogP contribution in [-0.2, 0) is 71.3 Å². The van der Waals surface area contributed by atoms with E-state index in [1.54, 1.807) is 27.9 Å². The van der Waals surface area contributed by atoms with Gasteiger partial charge in [-0.15, -0.1) is 0 Å². The Morgan fingerprint density at radius 3 is 1.10 bits per heavy atom. The lowest BCUT2D eigenvalue weighted by molar-refractivity contribution is -0.282. The maximum absolute atomic E-state index is 13.6. The highest BCUT2D eigenvalue weighted by Crippen LogP contribution is 2.29. The summed E-state index contributed by atoms with van der Waals surface area (Å²) in [6.07, 6.45) is -11.9. The topological polar surface area (TPSA) is 420 Å². The van der Waals surface area contributed by atoms with Gasteiger partial charge in [-0.25, -0.2) is 0 Å². The summed E-state index contributed by atoms with van der Waals surface area (Å²) in [5, 5.41) is 104. The third kappa shape index (κ3) is 25.2. The van der Waals surface area contributed by atoms with Crippen LogP contribution in [0.5, 0.6) is 0 Å². The van der Waals surface area contributed by atoms with E-state index in [9.17, 15) is 69.9 Å². The lowest BCUT2D eigenvalue weighted by Gasteiger charge is -2.40. The second-order valence-electron chi connectivity index (χ2n) is 20.2. The van der Waals surface area contributed by atoms with E-state index in [2.05, 4.69) is 26.6 Å². The van der Waals surface area contributed by atoms with Gasteiger partial charge in [0.05, 0.1) is 97.4 Å². The molecule has 5 amide bonds. The second kappa shape index (κ2) is 39.2. The van der Waals surface area contributed by atoms with Gasteiger partial charge < -0.3 is 120 Å². The Kier molecular flexibility index (Phi) is 34.7. The number of amides is 5. The Labute approximate surface area is 467 Å². The maximum atomic E-state index is 13.6. The molecular formula is C51H93N5O24. The largest absolute Gasteiger partial charge is 0.394 e. The molecule has 29 nitrogen and oxygen atoms in total. The molecule has 3 heterocycles. The van der Waals surface area contributed by atoms with E-state index in [0.29, 0.717) is 38.8 Å². The SMILES string of the molecule is COCCCNC(=O)CCCC(=O)NC(COCCC(=O)NCCCO[C@@H]1OC(CO)[C@H](O)[C@H](O)C1C)(COCCC(=O)NCCCO[C@@H]1OC(CO)[C@H](O)[C@H](O)C1C)OCCC(=O)NCCCO[C@@H]1OC(CO)[C@H](O)[C@H](O)C1C. The Hall–Kier alpha value is -3.41. The van der Waals surface area contributed by atoms with Gasteiger partial charge in [-0.1, -0.05) is 20.8 Å². The van der Waals surface area contributed by atoms with Crippen LogP contribution in [0, 0.1) is 17.8 Å². The molecule has 6 unspecified atom stereocenters. The van der Waals surface area contributed by atoms with E-state index < -0.39 is 154 Å². The molecule has 3 aliphatic rings. The number of aliphatic hydroxyl groups excluding tert-OH is 9. The van der Waals surface area contributed by atoms with Crippen LogP contribution in [0.25, 0.3) is 0 Å². The normalized spacial score (nSPS) is 29.5. The summed E-state index contributed by atoms with van der Waals surface area (Å²) in [5.41, 5.74) is -1.79. The van der Waals surface area contributed by atoms with Crippen molar-refractivity contribution in [2.24, 2.45) is 17.8 Å². The highest BCUT2D eigenvalue weighted by Gasteiger charge is 2.45. The zero-order chi connectivity index (χ0) is 59.0. The van der Waals surface area contributed by atoms with Crippen molar-refractivity contribution in [2.45, 2.75) is 165 Å². The molecule has 0 aromatic carbocycles. The number of carbonyl (C=O) groups is 5. The van der Waals surface area contributed by atoms with Crippen LogP contribution in [0.4, 0.5) is 0 Å². The van der Waals surface area contributed by atoms with E-state index in [1.807, 2.05) is 0 Å². The standard InChI is InChI=1S/C51H93N5O24/c1-31-42(65)45(68)34(26-57)78-48(31)74-20-7-16-53-38(61)12-23-72-29-51(56-41(64)11-5-10-37(60)52-15-6-19-71-4,77-25-14-40(63)55-18-9-22-76-50-33(3)44(67)47(70)36(28-59)80-50)30-73-24-13-39(62)54-17-8-21-75-49-32(2)43(66)46(69)35(27-58)79-49/h31-36,42-50,57-59,65-70H,5-30H2,1-4H3,(H,52,60)(H,53,61)(H,54,62)(H,55,63)(H,56,64)/t31?,32?,33?,34?,35?,36?,42-,43-,44-,45+,46+,47+,48-,49-,50-,51?/m1/s1. The van der Waals surface area contributed by atoms with Crippen LogP contribution >= 0.6 is 0 Å². The number of carbonyl (C=O) groups excluding carboxylic acids is 5. The van der Waals surface area contributed by atoms with Crippen molar-refractivity contribution >= 4 is 29.5 Å². The Morgan fingerprint density at radius 1 is 0.425 bits per heavy atom. The zero-order valence-corrected chi connectivity index (χ0v) is 46.7. The summed E-state index contributed by atoms with van der Waals surface area (Å²) in [4.78, 5) is 64.8. The van der Waals surface area contributed by atoms with Crippen LogP contribution in [0.3, 0.4) is 0 Å².